The number of amides is 1. The first-order chi connectivity index (χ1) is 20.6. The summed E-state index contributed by atoms with van der Waals surface area (Å²) in [5, 5.41) is 49.5. The second-order valence-electron chi connectivity index (χ2n) is 14.6. The molecule has 3 aliphatic rings. The average Bonchev–Trinajstić information content (AvgIpc) is 2.88. The molecule has 12 nitrogen and oxygen atoms in total. The summed E-state index contributed by atoms with van der Waals surface area (Å²) in [5.74, 6) is -7.31. The Hall–Kier alpha value is -3.90. The van der Waals surface area contributed by atoms with E-state index >= 15 is 0 Å². The fourth-order valence-corrected chi connectivity index (χ4v) is 7.22. The van der Waals surface area contributed by atoms with Gasteiger partial charge in [0, 0.05) is 37.7 Å². The van der Waals surface area contributed by atoms with Gasteiger partial charge < -0.3 is 36.4 Å². The Balaban J connectivity index is 1.92. The van der Waals surface area contributed by atoms with Crippen molar-refractivity contribution in [3.8, 4) is 5.75 Å². The van der Waals surface area contributed by atoms with Gasteiger partial charge in [0.15, 0.2) is 17.2 Å². The number of rotatable bonds is 8. The van der Waals surface area contributed by atoms with E-state index in [0.29, 0.717) is 17.7 Å². The quantitative estimate of drug-likeness (QED) is 0.183. The third kappa shape index (κ3) is 5.48. The van der Waals surface area contributed by atoms with Crippen molar-refractivity contribution in [1.82, 2.24) is 4.90 Å². The van der Waals surface area contributed by atoms with E-state index < -0.39 is 64.1 Å². The Morgan fingerprint density at radius 1 is 1.11 bits per heavy atom. The number of Topliss-reactive ketones (excluding diaryl/α,β-unsaturated/α-hetero) is 3. The minimum atomic E-state index is -2.72. The standard InChI is InChI=1S/C33H46N4O8/c1-14(2)24(20(38)13-32(3,4)5)35-18-12-19(36(6)7)16-10-15-11-17-25(37(8)9)28(41)23(31(34)44)30(43)33(17,45)29(42)21(15)27(40)22(16)26(18)39/h12,14-15,17,24-25,35,39-40,43,45H,10-11,13H2,1-9H3,(H2,34,44). The molecular weight excluding hydrogens is 580 g/mol. The van der Waals surface area contributed by atoms with Crippen LogP contribution in [0.25, 0.3) is 5.76 Å². The van der Waals surface area contributed by atoms with E-state index in [2.05, 4.69) is 5.32 Å². The number of carbonyl (C=O) groups excluding carboxylic acids is 4. The number of nitrogens with zero attached hydrogens (tertiary/aromatic N) is 2. The van der Waals surface area contributed by atoms with E-state index in [9.17, 15) is 39.6 Å². The zero-order valence-electron chi connectivity index (χ0n) is 27.5. The second-order valence-corrected chi connectivity index (χ2v) is 14.6. The molecule has 0 saturated heterocycles. The molecule has 0 heterocycles. The summed E-state index contributed by atoms with van der Waals surface area (Å²) in [6.07, 6.45) is 0.448. The predicted molar refractivity (Wildman–Crippen MR) is 170 cm³/mol. The maximum Gasteiger partial charge on any atom is 0.255 e. The van der Waals surface area contributed by atoms with Gasteiger partial charge in [-0.15, -0.1) is 0 Å². The van der Waals surface area contributed by atoms with Crippen LogP contribution >= 0.6 is 0 Å². The second kappa shape index (κ2) is 11.5. The molecule has 1 aromatic rings. The van der Waals surface area contributed by atoms with Crippen LogP contribution in [0, 0.1) is 23.2 Å². The lowest BCUT2D eigenvalue weighted by Gasteiger charge is -2.50. The number of anilines is 2. The summed E-state index contributed by atoms with van der Waals surface area (Å²) in [6.45, 7) is 9.67. The molecule has 1 aromatic carbocycles. The summed E-state index contributed by atoms with van der Waals surface area (Å²) in [4.78, 5) is 56.3. The highest BCUT2D eigenvalue weighted by Crippen LogP contribution is 2.54. The van der Waals surface area contributed by atoms with E-state index in [4.69, 9.17) is 5.73 Å². The van der Waals surface area contributed by atoms with Crippen LogP contribution in [0.3, 0.4) is 0 Å². The highest BCUT2D eigenvalue weighted by atomic mass is 16.3. The topological polar surface area (TPSA) is 194 Å². The highest BCUT2D eigenvalue weighted by Gasteiger charge is 2.64. The summed E-state index contributed by atoms with van der Waals surface area (Å²) < 4.78 is 0. The summed E-state index contributed by atoms with van der Waals surface area (Å²) in [7, 11) is 6.69. The molecule has 5 atom stereocenters. The van der Waals surface area contributed by atoms with Gasteiger partial charge in [0.2, 0.25) is 5.78 Å². The number of hydrogen-bond acceptors (Lipinski definition) is 11. The number of ketones is 3. The van der Waals surface area contributed by atoms with Crippen LogP contribution in [0.1, 0.15) is 58.6 Å². The van der Waals surface area contributed by atoms with Gasteiger partial charge >= 0.3 is 0 Å². The van der Waals surface area contributed by atoms with Crippen LogP contribution < -0.4 is 16.0 Å². The van der Waals surface area contributed by atoms with Gasteiger partial charge in [-0.2, -0.15) is 0 Å². The lowest BCUT2D eigenvalue weighted by Crippen LogP contribution is -2.65. The summed E-state index contributed by atoms with van der Waals surface area (Å²) in [6, 6.07) is -0.119. The number of benzene rings is 1. The number of nitrogens with two attached hydrogens (primary N) is 1. The van der Waals surface area contributed by atoms with Crippen molar-refractivity contribution >= 4 is 40.4 Å². The highest BCUT2D eigenvalue weighted by molar-refractivity contribution is 6.24. The van der Waals surface area contributed by atoms with E-state index in [-0.39, 0.29) is 52.5 Å². The van der Waals surface area contributed by atoms with Gasteiger partial charge in [0.1, 0.15) is 22.8 Å². The van der Waals surface area contributed by atoms with Crippen LogP contribution in [-0.4, -0.2) is 94.5 Å². The molecule has 0 aliphatic heterocycles. The molecule has 12 heteroatoms. The van der Waals surface area contributed by atoms with Crippen molar-refractivity contribution in [2.24, 2.45) is 28.9 Å². The van der Waals surface area contributed by atoms with Crippen LogP contribution in [0.4, 0.5) is 11.4 Å². The monoisotopic (exact) mass is 626 g/mol. The molecule has 3 aliphatic carbocycles. The lowest BCUT2D eigenvalue weighted by atomic mass is 9.57. The fourth-order valence-electron chi connectivity index (χ4n) is 7.22. The Kier molecular flexibility index (Phi) is 8.66. The number of carbonyl (C=O) groups is 4. The van der Waals surface area contributed by atoms with Gasteiger partial charge in [-0.25, -0.2) is 0 Å². The maximum absolute atomic E-state index is 14.2. The molecular formula is C33H46N4O8. The van der Waals surface area contributed by atoms with Gasteiger partial charge in [-0.3, -0.25) is 24.1 Å². The van der Waals surface area contributed by atoms with Crippen molar-refractivity contribution in [1.29, 1.82) is 0 Å². The Morgan fingerprint density at radius 3 is 2.20 bits per heavy atom. The summed E-state index contributed by atoms with van der Waals surface area (Å²) in [5.41, 5.74) is 2.63. The number of phenolic OH excluding ortho intramolecular Hbond substituents is 1. The van der Waals surface area contributed by atoms with E-state index in [1.165, 1.54) is 4.90 Å². The van der Waals surface area contributed by atoms with Crippen molar-refractivity contribution in [3.63, 3.8) is 0 Å². The number of likely N-dealkylation sites (N-methyl/N-ethyl adjacent to an activating group) is 1. The number of aliphatic hydroxyl groups is 3. The lowest BCUT2D eigenvalue weighted by molar-refractivity contribution is -0.153. The fraction of sp³-hybridized carbons (Fsp3) is 0.576. The average molecular weight is 627 g/mol. The zero-order chi connectivity index (χ0) is 34.1. The normalized spacial score (nSPS) is 25.6. The minimum Gasteiger partial charge on any atom is -0.508 e. The smallest absolute Gasteiger partial charge is 0.255 e. The molecule has 0 bridgehead atoms. The van der Waals surface area contributed by atoms with Crippen molar-refractivity contribution in [2.75, 3.05) is 38.4 Å². The SMILES string of the molecule is CC(C)C(Nc1cc(N(C)C)c2c(c1O)C(O)=C1C(=O)C3(O)C(O)=C(C(N)=O)C(=O)C(N(C)C)C3CC1C2)C(=O)CC(C)(C)C. The van der Waals surface area contributed by atoms with Crippen LogP contribution in [0.5, 0.6) is 5.75 Å². The first kappa shape index (κ1) is 34.0. The third-order valence-corrected chi connectivity index (χ3v) is 9.21. The predicted octanol–water partition coefficient (Wildman–Crippen LogP) is 2.47. The van der Waals surface area contributed by atoms with Crippen LogP contribution in [0.2, 0.25) is 0 Å². The molecule has 4 rings (SSSR count). The largest absolute Gasteiger partial charge is 0.508 e. The third-order valence-electron chi connectivity index (χ3n) is 9.21. The van der Waals surface area contributed by atoms with E-state index in [0.717, 1.165) is 0 Å². The minimum absolute atomic E-state index is 0.00385. The molecule has 45 heavy (non-hydrogen) atoms. The number of nitrogens with one attached hydrogen (secondary N) is 1. The van der Waals surface area contributed by atoms with Gasteiger partial charge in [-0.05, 0) is 55.8 Å². The van der Waals surface area contributed by atoms with Gasteiger partial charge in [0.25, 0.3) is 5.91 Å². The van der Waals surface area contributed by atoms with Crippen LogP contribution in [-0.2, 0) is 25.6 Å². The Bertz CT molecular complexity index is 1530. The molecule has 5 unspecified atom stereocenters. The first-order valence-corrected chi connectivity index (χ1v) is 15.1. The molecule has 0 spiro atoms. The number of hydrogen-bond donors (Lipinski definition) is 6. The Labute approximate surface area is 263 Å². The van der Waals surface area contributed by atoms with E-state index in [1.807, 2.05) is 34.6 Å². The molecule has 246 valence electrons. The zero-order valence-corrected chi connectivity index (χ0v) is 27.5. The van der Waals surface area contributed by atoms with Gasteiger partial charge in [0.05, 0.1) is 23.3 Å². The summed E-state index contributed by atoms with van der Waals surface area (Å²) >= 11 is 0. The number of primary amides is 1. The molecule has 1 amide bonds. The first-order valence-electron chi connectivity index (χ1n) is 15.1. The van der Waals surface area contributed by atoms with Crippen molar-refractivity contribution in [3.05, 3.63) is 34.1 Å². The number of aliphatic hydroxyl groups excluding tert-OH is 2. The Morgan fingerprint density at radius 2 is 1.71 bits per heavy atom. The van der Waals surface area contributed by atoms with Gasteiger partial charge in [-0.1, -0.05) is 34.6 Å². The number of fused-ring (bicyclic) bond motifs is 3. The van der Waals surface area contributed by atoms with E-state index in [1.54, 1.807) is 39.2 Å². The molecule has 7 N–H and O–H groups in total. The molecule has 1 saturated carbocycles. The molecule has 1 fully saturated rings. The molecule has 0 aromatic heterocycles. The maximum atomic E-state index is 14.2. The van der Waals surface area contributed by atoms with Crippen LogP contribution in [0.15, 0.2) is 23.0 Å². The molecule has 0 radical (unpaired) electrons. The number of aromatic hydroxyl groups is 1. The number of phenols is 1. The van der Waals surface area contributed by atoms with Crippen molar-refractivity contribution < 1.29 is 39.6 Å². The van der Waals surface area contributed by atoms with Crippen molar-refractivity contribution in [2.45, 2.75) is 71.6 Å².